The maximum Gasteiger partial charge on any atom is 0.252 e. The average molecular weight is 237 g/mol. The van der Waals surface area contributed by atoms with Crippen molar-refractivity contribution in [2.75, 3.05) is 0 Å². The van der Waals surface area contributed by atoms with Gasteiger partial charge in [-0.05, 0) is 24.6 Å². The van der Waals surface area contributed by atoms with Crippen LogP contribution < -0.4 is 5.32 Å². The van der Waals surface area contributed by atoms with Crippen molar-refractivity contribution in [1.82, 2.24) is 5.32 Å². The summed E-state index contributed by atoms with van der Waals surface area (Å²) in [6.07, 6.45) is 1.51. The number of rotatable bonds is 4. The molecule has 1 aromatic carbocycles. The van der Waals surface area contributed by atoms with Crippen LogP contribution in [0.5, 0.6) is 0 Å². The van der Waals surface area contributed by atoms with Gasteiger partial charge in [0.15, 0.2) is 0 Å². The first-order valence-corrected chi connectivity index (χ1v) is 5.51. The molecular weight excluding hydrogens is 224 g/mol. The molecule has 0 radical (unpaired) electrons. The lowest BCUT2D eigenvalue weighted by molar-refractivity contribution is 0.0944. The second kappa shape index (κ2) is 6.14. The van der Waals surface area contributed by atoms with E-state index in [0.29, 0.717) is 17.0 Å². The zero-order chi connectivity index (χ0) is 12.0. The minimum Gasteiger partial charge on any atom is -0.336 e. The molecule has 0 saturated heterocycles. The topological polar surface area (TPSA) is 52.9 Å². The number of nitrogens with one attached hydrogen (secondary N) is 1. The monoisotopic (exact) mass is 236 g/mol. The van der Waals surface area contributed by atoms with Gasteiger partial charge in [0.1, 0.15) is 6.04 Å². The van der Waals surface area contributed by atoms with Gasteiger partial charge in [-0.15, -0.1) is 0 Å². The summed E-state index contributed by atoms with van der Waals surface area (Å²) in [6.45, 7) is 1.97. The third kappa shape index (κ3) is 3.56. The second-order valence-corrected chi connectivity index (χ2v) is 3.89. The lowest BCUT2D eigenvalue weighted by atomic mass is 10.1. The fraction of sp³-hybridized carbons (Fsp3) is 0.333. The van der Waals surface area contributed by atoms with Crippen LogP contribution in [0.25, 0.3) is 0 Å². The van der Waals surface area contributed by atoms with Crippen molar-refractivity contribution in [2.45, 2.75) is 25.8 Å². The first-order valence-electron chi connectivity index (χ1n) is 5.13. The van der Waals surface area contributed by atoms with E-state index in [4.69, 9.17) is 16.9 Å². The van der Waals surface area contributed by atoms with Gasteiger partial charge in [-0.1, -0.05) is 31.0 Å². The maximum absolute atomic E-state index is 11.7. The Kier molecular flexibility index (Phi) is 4.81. The van der Waals surface area contributed by atoms with E-state index < -0.39 is 6.04 Å². The highest BCUT2D eigenvalue weighted by Crippen LogP contribution is 2.10. The van der Waals surface area contributed by atoms with Crippen LogP contribution in [0, 0.1) is 11.3 Å². The molecule has 0 saturated carbocycles. The van der Waals surface area contributed by atoms with Crippen LogP contribution in [0.2, 0.25) is 5.02 Å². The fourth-order valence-electron chi connectivity index (χ4n) is 1.33. The van der Waals surface area contributed by atoms with Crippen molar-refractivity contribution in [1.29, 1.82) is 5.26 Å². The Hall–Kier alpha value is -1.53. The lowest BCUT2D eigenvalue weighted by Crippen LogP contribution is -2.33. The maximum atomic E-state index is 11.7. The third-order valence-electron chi connectivity index (χ3n) is 2.13. The van der Waals surface area contributed by atoms with Crippen molar-refractivity contribution >= 4 is 17.5 Å². The highest BCUT2D eigenvalue weighted by Gasteiger charge is 2.11. The van der Waals surface area contributed by atoms with Gasteiger partial charge in [0.25, 0.3) is 5.91 Å². The van der Waals surface area contributed by atoms with Crippen LogP contribution in [0.3, 0.4) is 0 Å². The molecule has 1 N–H and O–H groups in total. The van der Waals surface area contributed by atoms with E-state index in [1.54, 1.807) is 24.3 Å². The Balaban J connectivity index is 2.69. The van der Waals surface area contributed by atoms with E-state index in [9.17, 15) is 4.79 Å². The van der Waals surface area contributed by atoms with E-state index in [-0.39, 0.29) is 5.91 Å². The van der Waals surface area contributed by atoms with Crippen molar-refractivity contribution in [2.24, 2.45) is 0 Å². The number of nitriles is 1. The summed E-state index contributed by atoms with van der Waals surface area (Å²) < 4.78 is 0. The molecule has 0 aliphatic carbocycles. The molecule has 1 unspecified atom stereocenters. The van der Waals surface area contributed by atoms with E-state index >= 15 is 0 Å². The lowest BCUT2D eigenvalue weighted by Gasteiger charge is -2.10. The molecule has 84 valence electrons. The summed E-state index contributed by atoms with van der Waals surface area (Å²) in [5.41, 5.74) is 0.476. The Labute approximate surface area is 100 Å². The predicted molar refractivity (Wildman–Crippen MR) is 63.2 cm³/mol. The van der Waals surface area contributed by atoms with Crippen LogP contribution >= 0.6 is 11.6 Å². The standard InChI is InChI=1S/C12H13ClN2O/c1-2-4-11(8-14)15-12(16)9-5-3-6-10(13)7-9/h3,5-7,11H,2,4H2,1H3,(H,15,16). The molecule has 4 heteroatoms. The van der Waals surface area contributed by atoms with E-state index in [1.165, 1.54) is 0 Å². The van der Waals surface area contributed by atoms with Gasteiger partial charge in [0.05, 0.1) is 6.07 Å². The fourth-order valence-corrected chi connectivity index (χ4v) is 1.52. The van der Waals surface area contributed by atoms with Crippen LogP contribution in [0.1, 0.15) is 30.1 Å². The number of carbonyl (C=O) groups is 1. The summed E-state index contributed by atoms with van der Waals surface area (Å²) in [4.78, 5) is 11.7. The molecule has 1 rings (SSSR count). The van der Waals surface area contributed by atoms with Gasteiger partial charge in [0, 0.05) is 10.6 Å². The van der Waals surface area contributed by atoms with Gasteiger partial charge in [-0.3, -0.25) is 4.79 Å². The number of benzene rings is 1. The molecule has 0 heterocycles. The number of amides is 1. The summed E-state index contributed by atoms with van der Waals surface area (Å²) >= 11 is 5.78. The minimum absolute atomic E-state index is 0.262. The quantitative estimate of drug-likeness (QED) is 0.874. The van der Waals surface area contributed by atoms with Gasteiger partial charge >= 0.3 is 0 Å². The molecule has 1 atom stereocenters. The van der Waals surface area contributed by atoms with E-state index in [0.717, 1.165) is 6.42 Å². The van der Waals surface area contributed by atoms with Gasteiger partial charge in [-0.25, -0.2) is 0 Å². The molecule has 0 bridgehead atoms. The van der Waals surface area contributed by atoms with Crippen LogP contribution in [-0.2, 0) is 0 Å². The summed E-state index contributed by atoms with van der Waals surface area (Å²) in [7, 11) is 0. The highest BCUT2D eigenvalue weighted by molar-refractivity contribution is 6.30. The van der Waals surface area contributed by atoms with Crippen LogP contribution in [0.4, 0.5) is 0 Å². The predicted octanol–water partition coefficient (Wildman–Crippen LogP) is 2.76. The molecule has 0 aliphatic rings. The molecule has 0 fully saturated rings. The second-order valence-electron chi connectivity index (χ2n) is 3.45. The van der Waals surface area contributed by atoms with E-state index in [2.05, 4.69) is 11.4 Å². The molecule has 0 spiro atoms. The molecule has 0 aromatic heterocycles. The third-order valence-corrected chi connectivity index (χ3v) is 2.36. The van der Waals surface area contributed by atoms with Gasteiger partial charge in [0.2, 0.25) is 0 Å². The largest absolute Gasteiger partial charge is 0.336 e. The highest BCUT2D eigenvalue weighted by atomic mass is 35.5. The molecular formula is C12H13ClN2O. The summed E-state index contributed by atoms with van der Waals surface area (Å²) in [6, 6.07) is 8.28. The molecule has 3 nitrogen and oxygen atoms in total. The minimum atomic E-state index is -0.434. The van der Waals surface area contributed by atoms with Gasteiger partial charge in [-0.2, -0.15) is 5.26 Å². The molecule has 16 heavy (non-hydrogen) atoms. The Morgan fingerprint density at radius 1 is 1.62 bits per heavy atom. The first kappa shape index (κ1) is 12.5. The number of nitrogens with zero attached hydrogens (tertiary/aromatic N) is 1. The summed E-state index contributed by atoms with van der Waals surface area (Å²) in [5.74, 6) is -0.262. The van der Waals surface area contributed by atoms with Crippen LogP contribution in [-0.4, -0.2) is 11.9 Å². The number of hydrogen-bond acceptors (Lipinski definition) is 2. The molecule has 1 amide bonds. The van der Waals surface area contributed by atoms with Crippen molar-refractivity contribution in [3.63, 3.8) is 0 Å². The number of halogens is 1. The normalized spacial score (nSPS) is 11.6. The SMILES string of the molecule is CCCC(C#N)NC(=O)c1cccc(Cl)c1. The van der Waals surface area contributed by atoms with Crippen LogP contribution in [0.15, 0.2) is 24.3 Å². The zero-order valence-corrected chi connectivity index (χ0v) is 9.79. The number of carbonyl (C=O) groups excluding carboxylic acids is 1. The molecule has 0 aliphatic heterocycles. The average Bonchev–Trinajstić information content (AvgIpc) is 2.28. The smallest absolute Gasteiger partial charge is 0.252 e. The van der Waals surface area contributed by atoms with Crippen molar-refractivity contribution in [3.8, 4) is 6.07 Å². The first-order chi connectivity index (χ1) is 7.67. The molecule has 1 aromatic rings. The zero-order valence-electron chi connectivity index (χ0n) is 9.03. The van der Waals surface area contributed by atoms with Gasteiger partial charge < -0.3 is 5.32 Å². The Bertz CT molecular complexity index is 412. The van der Waals surface area contributed by atoms with Crippen molar-refractivity contribution in [3.05, 3.63) is 34.9 Å². The Morgan fingerprint density at radius 2 is 2.38 bits per heavy atom. The Morgan fingerprint density at radius 3 is 2.94 bits per heavy atom. The van der Waals surface area contributed by atoms with Crippen molar-refractivity contribution < 1.29 is 4.79 Å². The van der Waals surface area contributed by atoms with E-state index in [1.807, 2.05) is 6.92 Å². The number of hydrogen-bond donors (Lipinski definition) is 1. The summed E-state index contributed by atoms with van der Waals surface area (Å²) in [5, 5.41) is 12.0.